The van der Waals surface area contributed by atoms with Crippen molar-refractivity contribution in [2.24, 2.45) is 0 Å². The lowest BCUT2D eigenvalue weighted by atomic mass is 9.98. The first-order valence-electron chi connectivity index (χ1n) is 5.55. The first-order chi connectivity index (χ1) is 8.68. The molecular formula is C15H10O2S. The van der Waals surface area contributed by atoms with E-state index in [-0.39, 0.29) is 5.56 Å². The molecule has 0 aromatic heterocycles. The number of rotatable bonds is 1. The molecule has 0 bridgehead atoms. The summed E-state index contributed by atoms with van der Waals surface area (Å²) in [5.74, 6) is -0.944. The standard InChI is InChI=1S/C15H10O2S/c16-15(17)14-12-6-5-9-3-1-2-4-10(9)11(12)7-8-13(14)18/h1-8,18H,(H,16,17). The molecule has 3 aromatic carbocycles. The minimum Gasteiger partial charge on any atom is -0.478 e. The van der Waals surface area contributed by atoms with Gasteiger partial charge in [-0.1, -0.05) is 42.5 Å². The zero-order valence-corrected chi connectivity index (χ0v) is 10.3. The second-order valence-electron chi connectivity index (χ2n) is 4.15. The highest BCUT2D eigenvalue weighted by Gasteiger charge is 2.13. The predicted molar refractivity (Wildman–Crippen MR) is 75.7 cm³/mol. The van der Waals surface area contributed by atoms with Gasteiger partial charge in [0.1, 0.15) is 0 Å². The van der Waals surface area contributed by atoms with Crippen LogP contribution in [0.4, 0.5) is 0 Å². The molecular weight excluding hydrogens is 244 g/mol. The number of aromatic carboxylic acids is 1. The number of carbonyl (C=O) groups is 1. The van der Waals surface area contributed by atoms with Crippen molar-refractivity contribution >= 4 is 40.1 Å². The molecule has 0 radical (unpaired) electrons. The Balaban J connectivity index is 2.55. The second-order valence-corrected chi connectivity index (χ2v) is 4.63. The van der Waals surface area contributed by atoms with Gasteiger partial charge in [-0.2, -0.15) is 0 Å². The van der Waals surface area contributed by atoms with Crippen molar-refractivity contribution in [3.63, 3.8) is 0 Å². The number of benzene rings is 3. The largest absolute Gasteiger partial charge is 0.478 e. The summed E-state index contributed by atoms with van der Waals surface area (Å²) in [6.07, 6.45) is 0. The van der Waals surface area contributed by atoms with Crippen LogP contribution in [0.15, 0.2) is 53.4 Å². The van der Waals surface area contributed by atoms with E-state index >= 15 is 0 Å². The normalized spacial score (nSPS) is 10.9. The lowest BCUT2D eigenvalue weighted by Crippen LogP contribution is -1.99. The average molecular weight is 254 g/mol. The van der Waals surface area contributed by atoms with E-state index in [4.69, 9.17) is 0 Å². The molecule has 1 N–H and O–H groups in total. The van der Waals surface area contributed by atoms with Crippen molar-refractivity contribution in [2.75, 3.05) is 0 Å². The summed E-state index contributed by atoms with van der Waals surface area (Å²) in [5.41, 5.74) is 0.265. The SMILES string of the molecule is O=C(O)c1c(S)ccc2c1ccc1ccccc12. The van der Waals surface area contributed by atoms with E-state index in [0.717, 1.165) is 21.5 Å². The molecule has 0 heterocycles. The molecule has 0 saturated carbocycles. The maximum absolute atomic E-state index is 11.3. The summed E-state index contributed by atoms with van der Waals surface area (Å²) in [6.45, 7) is 0. The molecule has 2 nitrogen and oxygen atoms in total. The third-order valence-electron chi connectivity index (χ3n) is 3.12. The molecule has 0 aliphatic carbocycles. The Bertz CT molecular complexity index is 778. The van der Waals surface area contributed by atoms with Crippen LogP contribution in [-0.4, -0.2) is 11.1 Å². The highest BCUT2D eigenvalue weighted by Crippen LogP contribution is 2.30. The lowest BCUT2D eigenvalue weighted by Gasteiger charge is -2.08. The van der Waals surface area contributed by atoms with Gasteiger partial charge in [0.05, 0.1) is 5.56 Å². The Morgan fingerprint density at radius 1 is 0.889 bits per heavy atom. The lowest BCUT2D eigenvalue weighted by molar-refractivity contribution is 0.0695. The van der Waals surface area contributed by atoms with E-state index in [9.17, 15) is 9.90 Å². The quantitative estimate of drug-likeness (QED) is 0.509. The van der Waals surface area contributed by atoms with Crippen molar-refractivity contribution in [1.29, 1.82) is 0 Å². The van der Waals surface area contributed by atoms with Crippen LogP contribution in [0.5, 0.6) is 0 Å². The first kappa shape index (κ1) is 11.1. The Hall–Kier alpha value is -2.00. The zero-order chi connectivity index (χ0) is 12.7. The van der Waals surface area contributed by atoms with Gasteiger partial charge >= 0.3 is 5.97 Å². The van der Waals surface area contributed by atoms with E-state index < -0.39 is 5.97 Å². The number of thiol groups is 1. The molecule has 0 unspecified atom stereocenters. The monoisotopic (exact) mass is 254 g/mol. The van der Waals surface area contributed by atoms with Gasteiger partial charge in [0.2, 0.25) is 0 Å². The van der Waals surface area contributed by atoms with Crippen LogP contribution in [0.25, 0.3) is 21.5 Å². The van der Waals surface area contributed by atoms with E-state index in [1.165, 1.54) is 0 Å². The molecule has 88 valence electrons. The van der Waals surface area contributed by atoms with Crippen molar-refractivity contribution in [3.8, 4) is 0 Å². The highest BCUT2D eigenvalue weighted by atomic mass is 32.1. The van der Waals surface area contributed by atoms with Crippen molar-refractivity contribution in [1.82, 2.24) is 0 Å². The maximum atomic E-state index is 11.3. The topological polar surface area (TPSA) is 37.3 Å². The Kier molecular flexibility index (Phi) is 2.49. The van der Waals surface area contributed by atoms with E-state index in [1.807, 2.05) is 42.5 Å². The zero-order valence-electron chi connectivity index (χ0n) is 9.42. The predicted octanol–water partition coefficient (Wildman–Crippen LogP) is 3.98. The summed E-state index contributed by atoms with van der Waals surface area (Å²) < 4.78 is 0. The van der Waals surface area contributed by atoms with Crippen LogP contribution < -0.4 is 0 Å². The maximum Gasteiger partial charge on any atom is 0.337 e. The van der Waals surface area contributed by atoms with Crippen LogP contribution in [0, 0.1) is 0 Å². The number of hydrogen-bond acceptors (Lipinski definition) is 2. The Morgan fingerprint density at radius 3 is 2.39 bits per heavy atom. The molecule has 3 rings (SSSR count). The van der Waals surface area contributed by atoms with E-state index in [2.05, 4.69) is 12.6 Å². The molecule has 0 aliphatic rings. The van der Waals surface area contributed by atoms with Crippen LogP contribution in [0.3, 0.4) is 0 Å². The smallest absolute Gasteiger partial charge is 0.337 e. The van der Waals surface area contributed by atoms with Gasteiger partial charge in [-0.25, -0.2) is 4.79 Å². The second kappa shape index (κ2) is 4.03. The molecule has 0 spiro atoms. The first-order valence-corrected chi connectivity index (χ1v) is 6.00. The fraction of sp³-hybridized carbons (Fsp3) is 0. The van der Waals surface area contributed by atoms with Crippen molar-refractivity contribution in [2.45, 2.75) is 4.90 Å². The number of carboxylic acid groups (broad SMARTS) is 1. The average Bonchev–Trinajstić information content (AvgIpc) is 2.37. The van der Waals surface area contributed by atoms with E-state index in [0.29, 0.717) is 4.90 Å². The minimum absolute atomic E-state index is 0.265. The van der Waals surface area contributed by atoms with Gasteiger partial charge in [-0.05, 0) is 27.6 Å². The number of fused-ring (bicyclic) bond motifs is 3. The van der Waals surface area contributed by atoms with Crippen LogP contribution >= 0.6 is 12.6 Å². The summed E-state index contributed by atoms with van der Waals surface area (Å²) in [6, 6.07) is 15.4. The summed E-state index contributed by atoms with van der Waals surface area (Å²) in [7, 11) is 0. The van der Waals surface area contributed by atoms with Gasteiger partial charge < -0.3 is 5.11 Å². The van der Waals surface area contributed by atoms with Crippen molar-refractivity contribution < 1.29 is 9.90 Å². The summed E-state index contributed by atoms with van der Waals surface area (Å²) >= 11 is 4.23. The van der Waals surface area contributed by atoms with Crippen LogP contribution in [0.2, 0.25) is 0 Å². The van der Waals surface area contributed by atoms with Gasteiger partial charge in [0.15, 0.2) is 0 Å². The summed E-state index contributed by atoms with van der Waals surface area (Å²) in [4.78, 5) is 11.8. The molecule has 3 heteroatoms. The van der Waals surface area contributed by atoms with Crippen LogP contribution in [-0.2, 0) is 0 Å². The van der Waals surface area contributed by atoms with E-state index in [1.54, 1.807) is 6.07 Å². The Morgan fingerprint density at radius 2 is 1.61 bits per heavy atom. The number of carboxylic acids is 1. The third-order valence-corrected chi connectivity index (χ3v) is 3.49. The van der Waals surface area contributed by atoms with Gasteiger partial charge in [0.25, 0.3) is 0 Å². The molecule has 0 aliphatic heterocycles. The fourth-order valence-electron chi connectivity index (χ4n) is 2.30. The fourth-order valence-corrected chi connectivity index (χ4v) is 2.59. The van der Waals surface area contributed by atoms with Gasteiger partial charge in [-0.3, -0.25) is 0 Å². The van der Waals surface area contributed by atoms with Gasteiger partial charge in [-0.15, -0.1) is 12.6 Å². The number of hydrogen-bond donors (Lipinski definition) is 2. The van der Waals surface area contributed by atoms with Crippen LogP contribution in [0.1, 0.15) is 10.4 Å². The third kappa shape index (κ3) is 1.56. The molecule has 0 fully saturated rings. The molecule has 3 aromatic rings. The Labute approximate surface area is 109 Å². The van der Waals surface area contributed by atoms with Gasteiger partial charge in [0, 0.05) is 4.90 Å². The molecule has 0 amide bonds. The van der Waals surface area contributed by atoms with Crippen molar-refractivity contribution in [3.05, 3.63) is 54.1 Å². The summed E-state index contributed by atoms with van der Waals surface area (Å²) in [5, 5.41) is 13.1. The highest BCUT2D eigenvalue weighted by molar-refractivity contribution is 7.80. The molecule has 0 atom stereocenters. The molecule has 18 heavy (non-hydrogen) atoms. The molecule has 0 saturated heterocycles. The minimum atomic E-state index is -0.944.